The summed E-state index contributed by atoms with van der Waals surface area (Å²) in [4.78, 5) is 27.2. The molecule has 2 aromatic carbocycles. The highest BCUT2D eigenvalue weighted by Gasteiger charge is 2.07. The van der Waals surface area contributed by atoms with Gasteiger partial charge in [-0.1, -0.05) is 22.0 Å². The third-order valence-electron chi connectivity index (χ3n) is 3.90. The molecule has 1 heterocycles. The number of carbonyl (C=O) groups is 1. The van der Waals surface area contributed by atoms with Gasteiger partial charge < -0.3 is 15.0 Å². The number of amides is 1. The second kappa shape index (κ2) is 7.53. The summed E-state index contributed by atoms with van der Waals surface area (Å²) >= 11 is 3.34. The van der Waals surface area contributed by atoms with Crippen LogP contribution in [0, 0.1) is 0 Å². The quantitative estimate of drug-likeness (QED) is 0.690. The van der Waals surface area contributed by atoms with Gasteiger partial charge in [-0.2, -0.15) is 0 Å². The van der Waals surface area contributed by atoms with Gasteiger partial charge in [0, 0.05) is 28.2 Å². The van der Waals surface area contributed by atoms with Crippen molar-refractivity contribution in [3.05, 3.63) is 74.5 Å². The summed E-state index contributed by atoms with van der Waals surface area (Å²) in [5.41, 5.74) is 1.78. The lowest BCUT2D eigenvalue weighted by Crippen LogP contribution is -2.27. The Morgan fingerprint density at radius 1 is 1.20 bits per heavy atom. The van der Waals surface area contributed by atoms with Crippen LogP contribution in [0.15, 0.2) is 57.8 Å². The fraction of sp³-hybridized carbons (Fsp3) is 0.158. The summed E-state index contributed by atoms with van der Waals surface area (Å²) < 4.78 is 6.01. The van der Waals surface area contributed by atoms with Crippen LogP contribution in [-0.2, 0) is 6.42 Å². The highest BCUT2D eigenvalue weighted by atomic mass is 79.9. The largest absolute Gasteiger partial charge is 0.497 e. The van der Waals surface area contributed by atoms with Gasteiger partial charge >= 0.3 is 0 Å². The van der Waals surface area contributed by atoms with E-state index < -0.39 is 0 Å². The van der Waals surface area contributed by atoms with Crippen LogP contribution in [0.5, 0.6) is 5.75 Å². The molecule has 5 nitrogen and oxygen atoms in total. The summed E-state index contributed by atoms with van der Waals surface area (Å²) in [5, 5.41) is 3.76. The zero-order valence-corrected chi connectivity index (χ0v) is 15.2. The molecular weight excluding hydrogens is 384 g/mol. The number of rotatable bonds is 5. The SMILES string of the molecule is COc1ccc2cc(CCNC(=O)c3cccc(Br)c3)c(=O)[nH]c2c1. The van der Waals surface area contributed by atoms with Gasteiger partial charge in [0.2, 0.25) is 0 Å². The number of carbonyl (C=O) groups excluding carboxylic acids is 1. The molecular formula is C19H17BrN2O3. The van der Waals surface area contributed by atoms with E-state index in [1.165, 1.54) is 0 Å². The maximum absolute atomic E-state index is 12.2. The Morgan fingerprint density at radius 3 is 2.80 bits per heavy atom. The predicted octanol–water partition coefficient (Wildman–Crippen LogP) is 3.27. The molecule has 25 heavy (non-hydrogen) atoms. The predicted molar refractivity (Wildman–Crippen MR) is 101 cm³/mol. The van der Waals surface area contributed by atoms with E-state index in [-0.39, 0.29) is 11.5 Å². The van der Waals surface area contributed by atoms with E-state index >= 15 is 0 Å². The number of halogens is 1. The summed E-state index contributed by atoms with van der Waals surface area (Å²) in [6.07, 6.45) is 0.455. The highest BCUT2D eigenvalue weighted by molar-refractivity contribution is 9.10. The first-order valence-corrected chi connectivity index (χ1v) is 8.60. The van der Waals surface area contributed by atoms with Crippen molar-refractivity contribution in [2.45, 2.75) is 6.42 Å². The Hall–Kier alpha value is -2.60. The first kappa shape index (κ1) is 17.2. The molecule has 2 N–H and O–H groups in total. The molecule has 3 rings (SSSR count). The van der Waals surface area contributed by atoms with Gasteiger partial charge in [-0.25, -0.2) is 0 Å². The van der Waals surface area contributed by atoms with E-state index in [9.17, 15) is 9.59 Å². The zero-order chi connectivity index (χ0) is 17.8. The van der Waals surface area contributed by atoms with Crippen molar-refractivity contribution in [2.24, 2.45) is 0 Å². The van der Waals surface area contributed by atoms with Crippen molar-refractivity contribution in [3.8, 4) is 5.75 Å². The molecule has 0 saturated heterocycles. The third-order valence-corrected chi connectivity index (χ3v) is 4.39. The van der Waals surface area contributed by atoms with E-state index in [0.717, 1.165) is 15.4 Å². The number of aromatic nitrogens is 1. The number of pyridine rings is 1. The number of hydrogen-bond acceptors (Lipinski definition) is 3. The molecule has 1 amide bonds. The normalized spacial score (nSPS) is 10.6. The van der Waals surface area contributed by atoms with E-state index in [1.54, 1.807) is 31.4 Å². The number of methoxy groups -OCH3 is 1. The molecule has 0 radical (unpaired) electrons. The first-order valence-electron chi connectivity index (χ1n) is 7.80. The monoisotopic (exact) mass is 400 g/mol. The maximum Gasteiger partial charge on any atom is 0.251 e. The zero-order valence-electron chi connectivity index (χ0n) is 13.6. The average molecular weight is 401 g/mol. The van der Waals surface area contributed by atoms with Gasteiger partial charge in [0.1, 0.15) is 5.75 Å². The lowest BCUT2D eigenvalue weighted by molar-refractivity contribution is 0.0954. The van der Waals surface area contributed by atoms with Gasteiger partial charge in [-0.3, -0.25) is 9.59 Å². The lowest BCUT2D eigenvalue weighted by atomic mass is 10.1. The van der Waals surface area contributed by atoms with Gasteiger partial charge in [-0.05, 0) is 48.2 Å². The van der Waals surface area contributed by atoms with Crippen molar-refractivity contribution in [1.29, 1.82) is 0 Å². The van der Waals surface area contributed by atoms with Crippen LogP contribution in [0.25, 0.3) is 10.9 Å². The average Bonchev–Trinajstić information content (AvgIpc) is 2.61. The molecule has 3 aromatic rings. The third kappa shape index (κ3) is 4.09. The van der Waals surface area contributed by atoms with Crippen molar-refractivity contribution in [3.63, 3.8) is 0 Å². The molecule has 0 fully saturated rings. The highest BCUT2D eigenvalue weighted by Crippen LogP contribution is 2.18. The van der Waals surface area contributed by atoms with Gasteiger partial charge in [-0.15, -0.1) is 0 Å². The molecule has 128 valence electrons. The lowest BCUT2D eigenvalue weighted by Gasteiger charge is -2.07. The van der Waals surface area contributed by atoms with E-state index in [2.05, 4.69) is 26.2 Å². The smallest absolute Gasteiger partial charge is 0.251 e. The molecule has 0 aliphatic rings. The number of benzene rings is 2. The van der Waals surface area contributed by atoms with Crippen molar-refractivity contribution in [2.75, 3.05) is 13.7 Å². The van der Waals surface area contributed by atoms with Gasteiger partial charge in [0.15, 0.2) is 0 Å². The molecule has 0 atom stereocenters. The van der Waals surface area contributed by atoms with Crippen LogP contribution >= 0.6 is 15.9 Å². The molecule has 0 aliphatic carbocycles. The number of H-pyrrole nitrogens is 1. The van der Waals surface area contributed by atoms with Gasteiger partial charge in [0.25, 0.3) is 11.5 Å². The van der Waals surface area contributed by atoms with Crippen LogP contribution in [0.2, 0.25) is 0 Å². The van der Waals surface area contributed by atoms with E-state index in [1.807, 2.05) is 24.3 Å². The van der Waals surface area contributed by atoms with E-state index in [0.29, 0.717) is 29.8 Å². The molecule has 0 aliphatic heterocycles. The summed E-state index contributed by atoms with van der Waals surface area (Å²) in [7, 11) is 1.58. The minimum Gasteiger partial charge on any atom is -0.497 e. The molecule has 0 saturated carbocycles. The minimum atomic E-state index is -0.164. The first-order chi connectivity index (χ1) is 12.1. The number of fused-ring (bicyclic) bond motifs is 1. The van der Waals surface area contributed by atoms with Crippen LogP contribution < -0.4 is 15.6 Å². The van der Waals surface area contributed by atoms with Crippen molar-refractivity contribution >= 4 is 32.7 Å². The molecule has 6 heteroatoms. The fourth-order valence-corrected chi connectivity index (χ4v) is 2.98. The molecule has 1 aromatic heterocycles. The Balaban J connectivity index is 1.70. The Kier molecular flexibility index (Phi) is 5.19. The second-order valence-corrected chi connectivity index (χ2v) is 6.51. The Labute approximate surface area is 153 Å². The number of ether oxygens (including phenoxy) is 1. The number of hydrogen-bond donors (Lipinski definition) is 2. The molecule has 0 spiro atoms. The summed E-state index contributed by atoms with van der Waals surface area (Å²) in [6, 6.07) is 14.5. The molecule has 0 bridgehead atoms. The van der Waals surface area contributed by atoms with Crippen LogP contribution in [0.4, 0.5) is 0 Å². The van der Waals surface area contributed by atoms with Crippen molar-refractivity contribution < 1.29 is 9.53 Å². The fourth-order valence-electron chi connectivity index (χ4n) is 2.58. The Morgan fingerprint density at radius 2 is 2.04 bits per heavy atom. The summed E-state index contributed by atoms with van der Waals surface area (Å²) in [5.74, 6) is 0.528. The van der Waals surface area contributed by atoms with Gasteiger partial charge in [0.05, 0.1) is 12.6 Å². The molecule has 0 unspecified atom stereocenters. The van der Waals surface area contributed by atoms with Crippen molar-refractivity contribution in [1.82, 2.24) is 10.3 Å². The van der Waals surface area contributed by atoms with Crippen LogP contribution in [-0.4, -0.2) is 24.5 Å². The van der Waals surface area contributed by atoms with Crippen LogP contribution in [0.1, 0.15) is 15.9 Å². The minimum absolute atomic E-state index is 0.155. The van der Waals surface area contributed by atoms with E-state index in [4.69, 9.17) is 4.74 Å². The number of nitrogens with one attached hydrogen (secondary N) is 2. The number of aromatic amines is 1. The standard InChI is InChI=1S/C19H17BrN2O3/c1-25-16-6-5-12-9-14(19(24)22-17(12)11-16)7-8-21-18(23)13-3-2-4-15(20)10-13/h2-6,9-11H,7-8H2,1H3,(H,21,23)(H,22,24). The summed E-state index contributed by atoms with van der Waals surface area (Å²) in [6.45, 7) is 0.385. The van der Waals surface area contributed by atoms with Crippen LogP contribution in [0.3, 0.4) is 0 Å². The Bertz CT molecular complexity index is 982. The second-order valence-electron chi connectivity index (χ2n) is 5.59. The topological polar surface area (TPSA) is 71.2 Å². The maximum atomic E-state index is 12.2.